The van der Waals surface area contributed by atoms with E-state index in [1.807, 2.05) is 41.5 Å². The van der Waals surface area contributed by atoms with Crippen molar-refractivity contribution < 1.29 is 29.6 Å². The van der Waals surface area contributed by atoms with Gasteiger partial charge in [0.1, 0.15) is 23.0 Å². The molecule has 6 heteroatoms. The molecule has 38 heavy (non-hydrogen) atoms. The molecule has 0 aromatic heterocycles. The molecule has 0 saturated heterocycles. The van der Waals surface area contributed by atoms with Crippen molar-refractivity contribution in [1.82, 2.24) is 0 Å². The van der Waals surface area contributed by atoms with E-state index in [1.165, 1.54) is 7.11 Å². The van der Waals surface area contributed by atoms with Crippen LogP contribution in [0.15, 0.2) is 6.07 Å². The van der Waals surface area contributed by atoms with E-state index in [2.05, 4.69) is 27.7 Å². The SMILES string of the molecule is COC(=O)C1(C)CCc2c(c(C)c(C(C)C)c(O)c2C(C)C)O1.Cc1c(O)cc(C(C)C)c(O)c1C(C)C. The maximum absolute atomic E-state index is 12.1. The van der Waals surface area contributed by atoms with Crippen LogP contribution in [0.5, 0.6) is 23.0 Å². The monoisotopic (exact) mass is 528 g/mol. The molecule has 2 aromatic carbocycles. The highest BCUT2D eigenvalue weighted by atomic mass is 16.6. The number of rotatable bonds is 5. The summed E-state index contributed by atoms with van der Waals surface area (Å²) < 4.78 is 11.1. The number of esters is 1. The summed E-state index contributed by atoms with van der Waals surface area (Å²) in [5, 5.41) is 30.7. The molecule has 1 heterocycles. The Bertz CT molecular complexity index is 1180. The van der Waals surface area contributed by atoms with Crippen molar-refractivity contribution in [3.05, 3.63) is 45.0 Å². The molecule has 0 bridgehead atoms. The number of carbonyl (C=O) groups excluding carboxylic acids is 1. The summed E-state index contributed by atoms with van der Waals surface area (Å²) in [5.74, 6) is 2.19. The van der Waals surface area contributed by atoms with E-state index >= 15 is 0 Å². The standard InChI is InChI=1S/C19H28O4.C13H20O2/c1-10(2)14-12(5)17-13(15(11(3)4)16(14)20)8-9-19(6,23-17)18(21)22-7;1-7(2)10-6-11(14)9(5)12(8(3)4)13(10)15/h10-11,20H,8-9H2,1-7H3;6-8,14-15H,1-5H3. The third-order valence-corrected chi connectivity index (χ3v) is 7.61. The first-order valence-corrected chi connectivity index (χ1v) is 13.7. The number of methoxy groups -OCH3 is 1. The summed E-state index contributed by atoms with van der Waals surface area (Å²) in [7, 11) is 1.38. The molecule has 0 aliphatic carbocycles. The molecule has 6 nitrogen and oxygen atoms in total. The van der Waals surface area contributed by atoms with Gasteiger partial charge in [-0.15, -0.1) is 0 Å². The minimum absolute atomic E-state index is 0.174. The molecule has 3 N–H and O–H groups in total. The van der Waals surface area contributed by atoms with Crippen LogP contribution in [0.2, 0.25) is 0 Å². The number of hydrogen-bond acceptors (Lipinski definition) is 6. The largest absolute Gasteiger partial charge is 0.508 e. The van der Waals surface area contributed by atoms with Gasteiger partial charge in [-0.25, -0.2) is 4.79 Å². The molecular weight excluding hydrogens is 480 g/mol. The third-order valence-electron chi connectivity index (χ3n) is 7.61. The zero-order valence-corrected chi connectivity index (χ0v) is 25.4. The van der Waals surface area contributed by atoms with Crippen LogP contribution < -0.4 is 4.74 Å². The average Bonchev–Trinajstić information content (AvgIpc) is 2.81. The highest BCUT2D eigenvalue weighted by Gasteiger charge is 2.42. The molecule has 0 fully saturated rings. The number of phenols is 3. The molecule has 0 spiro atoms. The summed E-state index contributed by atoms with van der Waals surface area (Å²) in [5.41, 5.74) is 5.30. The van der Waals surface area contributed by atoms with Gasteiger partial charge in [-0.05, 0) is 68.1 Å². The van der Waals surface area contributed by atoms with Crippen LogP contribution in [0.1, 0.15) is 131 Å². The van der Waals surface area contributed by atoms with Crippen LogP contribution in [0.4, 0.5) is 0 Å². The van der Waals surface area contributed by atoms with Crippen LogP contribution in [0.3, 0.4) is 0 Å². The fourth-order valence-corrected chi connectivity index (χ4v) is 5.59. The fourth-order valence-electron chi connectivity index (χ4n) is 5.59. The number of ether oxygens (including phenoxy) is 2. The summed E-state index contributed by atoms with van der Waals surface area (Å²) in [6, 6.07) is 1.67. The molecule has 1 aliphatic rings. The van der Waals surface area contributed by atoms with Crippen molar-refractivity contribution >= 4 is 5.97 Å². The van der Waals surface area contributed by atoms with Crippen molar-refractivity contribution in [2.75, 3.05) is 7.11 Å². The van der Waals surface area contributed by atoms with Crippen LogP contribution in [-0.2, 0) is 16.0 Å². The summed E-state index contributed by atoms with van der Waals surface area (Å²) in [6.07, 6.45) is 1.24. The van der Waals surface area contributed by atoms with Gasteiger partial charge >= 0.3 is 5.97 Å². The Morgan fingerprint density at radius 3 is 1.79 bits per heavy atom. The lowest BCUT2D eigenvalue weighted by Crippen LogP contribution is -2.45. The van der Waals surface area contributed by atoms with Crippen LogP contribution in [0.25, 0.3) is 0 Å². The van der Waals surface area contributed by atoms with Crippen molar-refractivity contribution in [3.8, 4) is 23.0 Å². The Kier molecular flexibility index (Phi) is 9.79. The summed E-state index contributed by atoms with van der Waals surface area (Å²) >= 11 is 0. The molecule has 1 atom stereocenters. The number of aromatic hydroxyl groups is 3. The van der Waals surface area contributed by atoms with Gasteiger partial charge in [0.05, 0.1) is 7.11 Å². The van der Waals surface area contributed by atoms with E-state index < -0.39 is 5.60 Å². The number of carbonyl (C=O) groups is 1. The van der Waals surface area contributed by atoms with E-state index in [0.29, 0.717) is 24.3 Å². The first kappa shape index (κ1) is 31.3. The van der Waals surface area contributed by atoms with Gasteiger partial charge < -0.3 is 24.8 Å². The first-order chi connectivity index (χ1) is 17.5. The van der Waals surface area contributed by atoms with Crippen LogP contribution >= 0.6 is 0 Å². The number of phenolic OH excluding ortho intramolecular Hbond substituents is 3. The molecule has 0 radical (unpaired) electrons. The maximum atomic E-state index is 12.1. The van der Waals surface area contributed by atoms with Crippen molar-refractivity contribution in [2.45, 2.75) is 118 Å². The van der Waals surface area contributed by atoms with Gasteiger partial charge in [-0.3, -0.25) is 0 Å². The quantitative estimate of drug-likeness (QED) is 0.270. The predicted octanol–water partition coefficient (Wildman–Crippen LogP) is 7.86. The van der Waals surface area contributed by atoms with Gasteiger partial charge in [-0.2, -0.15) is 0 Å². The summed E-state index contributed by atoms with van der Waals surface area (Å²) in [6.45, 7) is 21.9. The fraction of sp³-hybridized carbons (Fsp3) is 0.594. The smallest absolute Gasteiger partial charge is 0.349 e. The second-order valence-corrected chi connectivity index (χ2v) is 11.9. The van der Waals surface area contributed by atoms with Crippen LogP contribution in [-0.4, -0.2) is 34.0 Å². The van der Waals surface area contributed by atoms with E-state index in [-0.39, 0.29) is 35.4 Å². The molecule has 3 rings (SSSR count). The van der Waals surface area contributed by atoms with Gasteiger partial charge in [0.25, 0.3) is 0 Å². The first-order valence-electron chi connectivity index (χ1n) is 13.7. The zero-order chi connectivity index (χ0) is 29.3. The second kappa shape index (κ2) is 11.9. The zero-order valence-electron chi connectivity index (χ0n) is 25.4. The Morgan fingerprint density at radius 1 is 0.842 bits per heavy atom. The van der Waals surface area contributed by atoms with E-state index in [1.54, 1.807) is 13.0 Å². The van der Waals surface area contributed by atoms with E-state index in [9.17, 15) is 20.1 Å². The van der Waals surface area contributed by atoms with Crippen molar-refractivity contribution in [2.24, 2.45) is 0 Å². The third kappa shape index (κ3) is 5.89. The van der Waals surface area contributed by atoms with Crippen molar-refractivity contribution in [3.63, 3.8) is 0 Å². The lowest BCUT2D eigenvalue weighted by molar-refractivity contribution is -0.159. The van der Waals surface area contributed by atoms with Gasteiger partial charge in [-0.1, -0.05) is 55.4 Å². The lowest BCUT2D eigenvalue weighted by Gasteiger charge is -2.37. The van der Waals surface area contributed by atoms with E-state index in [4.69, 9.17) is 9.47 Å². The Labute approximate surface area is 229 Å². The number of fused-ring (bicyclic) bond motifs is 1. The Balaban J connectivity index is 0.000000293. The summed E-state index contributed by atoms with van der Waals surface area (Å²) in [4.78, 5) is 12.1. The molecule has 212 valence electrons. The molecular formula is C32H48O6. The number of benzene rings is 2. The normalized spacial score (nSPS) is 16.8. The van der Waals surface area contributed by atoms with Gasteiger partial charge in [0.15, 0.2) is 0 Å². The van der Waals surface area contributed by atoms with Crippen LogP contribution in [0, 0.1) is 13.8 Å². The molecule has 0 saturated carbocycles. The predicted molar refractivity (Wildman–Crippen MR) is 153 cm³/mol. The van der Waals surface area contributed by atoms with Gasteiger partial charge in [0, 0.05) is 34.2 Å². The Hall–Kier alpha value is -2.89. The lowest BCUT2D eigenvalue weighted by atomic mass is 9.81. The maximum Gasteiger partial charge on any atom is 0.349 e. The molecule has 1 unspecified atom stereocenters. The molecule has 1 aliphatic heterocycles. The minimum Gasteiger partial charge on any atom is -0.508 e. The highest BCUT2D eigenvalue weighted by molar-refractivity contribution is 5.80. The van der Waals surface area contributed by atoms with Crippen molar-refractivity contribution in [1.29, 1.82) is 0 Å². The highest BCUT2D eigenvalue weighted by Crippen LogP contribution is 2.48. The average molecular weight is 529 g/mol. The second-order valence-electron chi connectivity index (χ2n) is 11.9. The van der Waals surface area contributed by atoms with E-state index in [0.717, 1.165) is 44.7 Å². The molecule has 0 amide bonds. The Morgan fingerprint density at radius 2 is 1.34 bits per heavy atom. The topological polar surface area (TPSA) is 96.2 Å². The number of hydrogen-bond donors (Lipinski definition) is 3. The minimum atomic E-state index is -0.966. The van der Waals surface area contributed by atoms with Gasteiger partial charge in [0.2, 0.25) is 5.60 Å². The molecule has 2 aromatic rings.